The predicted molar refractivity (Wildman–Crippen MR) is 112 cm³/mol. The minimum absolute atomic E-state index is 0.00796. The van der Waals surface area contributed by atoms with E-state index in [-0.39, 0.29) is 25.0 Å². The molecule has 2 aromatic carbocycles. The second-order valence-corrected chi connectivity index (χ2v) is 7.31. The lowest BCUT2D eigenvalue weighted by Gasteiger charge is -2.17. The van der Waals surface area contributed by atoms with E-state index in [1.807, 2.05) is 36.4 Å². The third-order valence-corrected chi connectivity index (χ3v) is 5.41. The maximum atomic E-state index is 12.3. The summed E-state index contributed by atoms with van der Waals surface area (Å²) >= 11 is 0. The second kappa shape index (κ2) is 8.88. The highest BCUT2D eigenvalue weighted by Gasteiger charge is 2.29. The number of pyridine rings is 1. The number of rotatable bonds is 7. The first-order valence-electron chi connectivity index (χ1n) is 9.85. The van der Waals surface area contributed by atoms with Crippen molar-refractivity contribution >= 4 is 6.09 Å². The number of aliphatic hydroxyl groups is 1. The Hall–Kier alpha value is -3.18. The molecule has 1 aromatic heterocycles. The Labute approximate surface area is 170 Å². The summed E-state index contributed by atoms with van der Waals surface area (Å²) in [5.74, 6) is -0.0310. The van der Waals surface area contributed by atoms with Crippen LogP contribution in [0.3, 0.4) is 0 Å². The average molecular weight is 388 g/mol. The highest BCUT2D eigenvalue weighted by atomic mass is 16.5. The Balaban J connectivity index is 1.34. The highest BCUT2D eigenvalue weighted by molar-refractivity contribution is 5.79. The van der Waals surface area contributed by atoms with Gasteiger partial charge in [0, 0.05) is 37.4 Å². The number of carbonyl (C=O) groups is 1. The molecule has 1 atom stereocenters. The van der Waals surface area contributed by atoms with E-state index in [0.717, 1.165) is 5.56 Å². The molecular weight excluding hydrogens is 364 g/mol. The normalized spacial score (nSPS) is 13.4. The average Bonchev–Trinajstić information content (AvgIpc) is 3.09. The number of amides is 1. The van der Waals surface area contributed by atoms with Crippen LogP contribution < -0.4 is 5.32 Å². The standard InChI is InChI=1S/C24H24N2O3/c27-15-18(13-17-9-11-25-12-10-17)14-26-24(28)29-16-23-21-7-3-1-5-19(21)20-6-2-4-8-22(20)23/h1-12,18,23,27H,13-16H2,(H,26,28). The summed E-state index contributed by atoms with van der Waals surface area (Å²) in [6.07, 6.45) is 3.66. The number of aromatic nitrogens is 1. The smallest absolute Gasteiger partial charge is 0.407 e. The SMILES string of the molecule is O=C(NCC(CO)Cc1ccncc1)OCC1c2ccccc2-c2ccccc21. The minimum atomic E-state index is -0.458. The zero-order valence-electron chi connectivity index (χ0n) is 16.1. The van der Waals surface area contributed by atoms with Crippen LogP contribution in [0.2, 0.25) is 0 Å². The molecule has 148 valence electrons. The van der Waals surface area contributed by atoms with Crippen LogP contribution in [0.1, 0.15) is 22.6 Å². The maximum Gasteiger partial charge on any atom is 0.407 e. The molecule has 5 nitrogen and oxygen atoms in total. The van der Waals surface area contributed by atoms with E-state index in [9.17, 15) is 9.90 Å². The minimum Gasteiger partial charge on any atom is -0.449 e. The van der Waals surface area contributed by atoms with Crippen LogP contribution in [0.4, 0.5) is 4.79 Å². The second-order valence-electron chi connectivity index (χ2n) is 7.31. The number of nitrogens with zero attached hydrogens (tertiary/aromatic N) is 1. The van der Waals surface area contributed by atoms with Gasteiger partial charge in [0.25, 0.3) is 0 Å². The third-order valence-electron chi connectivity index (χ3n) is 5.41. The quantitative estimate of drug-likeness (QED) is 0.646. The number of aliphatic hydroxyl groups excluding tert-OH is 1. The van der Waals surface area contributed by atoms with Crippen molar-refractivity contribution in [1.29, 1.82) is 0 Å². The van der Waals surface area contributed by atoms with Crippen LogP contribution in [0.25, 0.3) is 11.1 Å². The van der Waals surface area contributed by atoms with Crippen molar-refractivity contribution in [2.45, 2.75) is 12.3 Å². The Kier molecular flexibility index (Phi) is 5.86. The summed E-state index contributed by atoms with van der Waals surface area (Å²) in [6, 6.07) is 20.3. The molecule has 1 heterocycles. The Morgan fingerprint density at radius 1 is 1.00 bits per heavy atom. The highest BCUT2D eigenvalue weighted by Crippen LogP contribution is 2.44. The van der Waals surface area contributed by atoms with Crippen molar-refractivity contribution in [2.24, 2.45) is 5.92 Å². The first-order chi connectivity index (χ1) is 14.3. The number of alkyl carbamates (subject to hydrolysis) is 1. The third kappa shape index (κ3) is 4.30. The summed E-state index contributed by atoms with van der Waals surface area (Å²) in [5.41, 5.74) is 5.86. The van der Waals surface area contributed by atoms with Gasteiger partial charge in [-0.1, -0.05) is 48.5 Å². The van der Waals surface area contributed by atoms with Crippen LogP contribution in [-0.4, -0.2) is 35.9 Å². The van der Waals surface area contributed by atoms with Crippen LogP contribution in [-0.2, 0) is 11.2 Å². The van der Waals surface area contributed by atoms with Crippen LogP contribution >= 0.6 is 0 Å². The first-order valence-corrected chi connectivity index (χ1v) is 9.85. The molecule has 1 unspecified atom stereocenters. The topological polar surface area (TPSA) is 71.5 Å². The first kappa shape index (κ1) is 19.2. The van der Waals surface area contributed by atoms with Gasteiger partial charge in [-0.05, 0) is 46.4 Å². The van der Waals surface area contributed by atoms with E-state index in [1.165, 1.54) is 22.3 Å². The number of benzene rings is 2. The zero-order valence-corrected chi connectivity index (χ0v) is 16.1. The molecule has 1 amide bonds. The summed E-state index contributed by atoms with van der Waals surface area (Å²) < 4.78 is 5.54. The molecule has 3 aromatic rings. The summed E-state index contributed by atoms with van der Waals surface area (Å²) in [4.78, 5) is 16.3. The fourth-order valence-corrected chi connectivity index (χ4v) is 3.93. The van der Waals surface area contributed by atoms with Crippen molar-refractivity contribution in [3.05, 3.63) is 89.7 Å². The van der Waals surface area contributed by atoms with E-state index in [0.29, 0.717) is 13.0 Å². The van der Waals surface area contributed by atoms with Gasteiger partial charge >= 0.3 is 6.09 Å². The van der Waals surface area contributed by atoms with E-state index in [1.54, 1.807) is 12.4 Å². The van der Waals surface area contributed by atoms with Gasteiger partial charge in [0.15, 0.2) is 0 Å². The molecule has 0 aliphatic heterocycles. The lowest BCUT2D eigenvalue weighted by molar-refractivity contribution is 0.138. The molecule has 5 heteroatoms. The lowest BCUT2D eigenvalue weighted by Crippen LogP contribution is -2.33. The van der Waals surface area contributed by atoms with E-state index >= 15 is 0 Å². The summed E-state index contributed by atoms with van der Waals surface area (Å²) in [6.45, 7) is 0.634. The molecule has 2 N–H and O–H groups in total. The summed E-state index contributed by atoms with van der Waals surface area (Å²) in [5, 5.41) is 12.4. The Morgan fingerprint density at radius 3 is 2.24 bits per heavy atom. The van der Waals surface area contributed by atoms with Gasteiger partial charge in [0.05, 0.1) is 0 Å². The van der Waals surface area contributed by atoms with Crippen molar-refractivity contribution in [1.82, 2.24) is 10.3 Å². The van der Waals surface area contributed by atoms with Crippen LogP contribution in [0.15, 0.2) is 73.1 Å². The predicted octanol–water partition coefficient (Wildman–Crippen LogP) is 3.77. The van der Waals surface area contributed by atoms with E-state index < -0.39 is 6.09 Å². The molecule has 29 heavy (non-hydrogen) atoms. The number of hydrogen-bond donors (Lipinski definition) is 2. The van der Waals surface area contributed by atoms with Crippen molar-refractivity contribution in [3.63, 3.8) is 0 Å². The van der Waals surface area contributed by atoms with Gasteiger partial charge in [0.2, 0.25) is 0 Å². The van der Waals surface area contributed by atoms with Gasteiger partial charge in [-0.3, -0.25) is 4.98 Å². The van der Waals surface area contributed by atoms with E-state index in [2.05, 4.69) is 34.6 Å². The molecule has 0 spiro atoms. The van der Waals surface area contributed by atoms with Gasteiger partial charge < -0.3 is 15.2 Å². The monoisotopic (exact) mass is 388 g/mol. The van der Waals surface area contributed by atoms with Gasteiger partial charge in [0.1, 0.15) is 6.61 Å². The molecule has 0 saturated carbocycles. The number of fused-ring (bicyclic) bond motifs is 3. The maximum absolute atomic E-state index is 12.3. The fraction of sp³-hybridized carbons (Fsp3) is 0.250. The molecule has 1 aliphatic rings. The largest absolute Gasteiger partial charge is 0.449 e. The Bertz CT molecular complexity index is 929. The molecular formula is C24H24N2O3. The van der Waals surface area contributed by atoms with Crippen LogP contribution in [0.5, 0.6) is 0 Å². The van der Waals surface area contributed by atoms with Gasteiger partial charge in [-0.2, -0.15) is 0 Å². The van der Waals surface area contributed by atoms with Crippen molar-refractivity contribution < 1.29 is 14.6 Å². The molecule has 0 bridgehead atoms. The van der Waals surface area contributed by atoms with Gasteiger partial charge in [-0.15, -0.1) is 0 Å². The molecule has 0 radical (unpaired) electrons. The fourth-order valence-electron chi connectivity index (χ4n) is 3.93. The zero-order chi connectivity index (χ0) is 20.1. The van der Waals surface area contributed by atoms with E-state index in [4.69, 9.17) is 4.74 Å². The van der Waals surface area contributed by atoms with Gasteiger partial charge in [-0.25, -0.2) is 4.79 Å². The van der Waals surface area contributed by atoms with Crippen molar-refractivity contribution in [2.75, 3.05) is 19.8 Å². The Morgan fingerprint density at radius 2 is 1.62 bits per heavy atom. The molecule has 1 aliphatic carbocycles. The molecule has 0 fully saturated rings. The number of carbonyl (C=O) groups excluding carboxylic acids is 1. The summed E-state index contributed by atoms with van der Waals surface area (Å²) in [7, 11) is 0. The van der Waals surface area contributed by atoms with Crippen molar-refractivity contribution in [3.8, 4) is 11.1 Å². The molecule has 4 rings (SSSR count). The number of hydrogen-bond acceptors (Lipinski definition) is 4. The van der Waals surface area contributed by atoms with Crippen LogP contribution in [0, 0.1) is 5.92 Å². The molecule has 0 saturated heterocycles. The number of ether oxygens (including phenoxy) is 1. The lowest BCUT2D eigenvalue weighted by atomic mass is 9.98. The number of nitrogens with one attached hydrogen (secondary N) is 1.